The SMILES string of the molecule is COC1OC(COSOOO)C(OC2OC(C(=O)O)C(OC3OC(COS(=O)(=O)O)C(OC4OC(C(=O)O)C(OC5OC(COS(=O)(=O)O)C(OC)C(OC)C5OC)C(OC)C4OC)C(OSOOO)C3OSOOO)C(OC)C2OC)C(OSOOO)C1OSOOO. The van der Waals surface area contributed by atoms with E-state index in [2.05, 4.69) is 51.0 Å². The van der Waals surface area contributed by atoms with Crippen molar-refractivity contribution in [3.8, 4) is 0 Å². The summed E-state index contributed by atoms with van der Waals surface area (Å²) in [6.45, 7) is -2.97. The number of hydrogen-bond donors (Lipinski definition) is 9. The Bertz CT molecular complexity index is 2390. The summed E-state index contributed by atoms with van der Waals surface area (Å²) in [6.07, 6.45) is -45.9. The summed E-state index contributed by atoms with van der Waals surface area (Å²) in [5.74, 6) is -3.73. The highest BCUT2D eigenvalue weighted by atomic mass is 32.3. The molecular formula is C38H64O49S7. The van der Waals surface area contributed by atoms with E-state index in [0.29, 0.717) is 0 Å². The monoisotopic (exact) mass is 1530 g/mol. The van der Waals surface area contributed by atoms with Crippen LogP contribution in [0.25, 0.3) is 0 Å². The first-order valence-electron chi connectivity index (χ1n) is 25.3. The van der Waals surface area contributed by atoms with E-state index < -0.39 is 206 Å². The summed E-state index contributed by atoms with van der Waals surface area (Å²) in [5, 5.41) is 84.5. The molecule has 0 amide bonds. The molecule has 552 valence electrons. The first kappa shape index (κ1) is 83.6. The second kappa shape index (κ2) is 42.4. The molecule has 0 radical (unpaired) electrons. The lowest BCUT2D eigenvalue weighted by Crippen LogP contribution is -2.69. The number of carboxylic acids is 2. The maximum atomic E-state index is 13.5. The lowest BCUT2D eigenvalue weighted by molar-refractivity contribution is -0.437. The van der Waals surface area contributed by atoms with Crippen molar-refractivity contribution in [2.24, 2.45) is 0 Å². The van der Waals surface area contributed by atoms with Crippen LogP contribution in [0.3, 0.4) is 0 Å². The number of carboxylic acid groups (broad SMARTS) is 2. The predicted molar refractivity (Wildman–Crippen MR) is 283 cm³/mol. The first-order chi connectivity index (χ1) is 45.0. The average molecular weight is 1530 g/mol. The van der Waals surface area contributed by atoms with E-state index in [-0.39, 0.29) is 61.6 Å². The fourth-order valence-corrected chi connectivity index (χ4v) is 12.2. The third-order valence-electron chi connectivity index (χ3n) is 13.5. The van der Waals surface area contributed by atoms with Crippen LogP contribution in [0.5, 0.6) is 0 Å². The number of ether oxygens (including phenoxy) is 17. The molecule has 5 heterocycles. The summed E-state index contributed by atoms with van der Waals surface area (Å²) in [4.78, 5) is 26.9. The lowest BCUT2D eigenvalue weighted by atomic mass is 9.94. The third-order valence-corrected chi connectivity index (χ3v) is 16.4. The second-order valence-corrected chi connectivity index (χ2v) is 22.8. The number of carbonyl (C=O) groups is 2. The molecule has 0 aromatic carbocycles. The van der Waals surface area contributed by atoms with Crippen molar-refractivity contribution in [3.63, 3.8) is 0 Å². The fourth-order valence-electron chi connectivity index (χ4n) is 9.92. The molecule has 5 aliphatic heterocycles. The number of rotatable bonds is 45. The minimum Gasteiger partial charge on any atom is -0.479 e. The van der Waals surface area contributed by atoms with E-state index in [0.717, 1.165) is 35.5 Å². The first-order valence-corrected chi connectivity index (χ1v) is 31.4. The van der Waals surface area contributed by atoms with Gasteiger partial charge in [0.2, 0.25) is 0 Å². The van der Waals surface area contributed by atoms with Gasteiger partial charge in [0, 0.05) is 56.9 Å². The van der Waals surface area contributed by atoms with Gasteiger partial charge in [-0.1, -0.05) is 25.2 Å². The molecule has 25 unspecified atom stereocenters. The maximum Gasteiger partial charge on any atom is 0.397 e. The zero-order valence-corrected chi connectivity index (χ0v) is 54.5. The normalized spacial score (nSPS) is 36.8. The molecule has 94 heavy (non-hydrogen) atoms. The van der Waals surface area contributed by atoms with Crippen LogP contribution in [0.1, 0.15) is 0 Å². The second-order valence-electron chi connectivity index (χ2n) is 18.2. The summed E-state index contributed by atoms with van der Waals surface area (Å²) in [6, 6.07) is 0. The van der Waals surface area contributed by atoms with Gasteiger partial charge >= 0.3 is 32.7 Å². The highest BCUT2D eigenvalue weighted by Gasteiger charge is 2.61. The third kappa shape index (κ3) is 23.5. The van der Waals surface area contributed by atoms with Gasteiger partial charge < -0.3 is 90.7 Å². The smallest absolute Gasteiger partial charge is 0.397 e. The largest absolute Gasteiger partial charge is 0.479 e. The summed E-state index contributed by atoms with van der Waals surface area (Å²) in [5.41, 5.74) is 0. The molecule has 0 bridgehead atoms. The molecule has 5 aliphatic rings. The van der Waals surface area contributed by atoms with E-state index in [1.54, 1.807) is 0 Å². The van der Waals surface area contributed by atoms with Crippen LogP contribution < -0.4 is 0 Å². The van der Waals surface area contributed by atoms with E-state index in [4.69, 9.17) is 127 Å². The van der Waals surface area contributed by atoms with Gasteiger partial charge in [0.1, 0.15) is 97.7 Å². The van der Waals surface area contributed by atoms with E-state index in [9.17, 15) is 51.0 Å². The van der Waals surface area contributed by atoms with Crippen molar-refractivity contribution >= 4 is 94.4 Å². The van der Waals surface area contributed by atoms with E-state index >= 15 is 0 Å². The van der Waals surface area contributed by atoms with Crippen molar-refractivity contribution in [3.05, 3.63) is 0 Å². The molecule has 5 rings (SSSR count). The fraction of sp³-hybridized carbons (Fsp3) is 0.947. The zero-order chi connectivity index (χ0) is 69.3. The Morgan fingerprint density at radius 1 is 0.340 bits per heavy atom. The Balaban J connectivity index is 1.58. The molecule has 0 aliphatic carbocycles. The van der Waals surface area contributed by atoms with Crippen LogP contribution in [-0.4, -0.2) is 305 Å². The molecule has 5 saturated heterocycles. The van der Waals surface area contributed by atoms with Crippen LogP contribution in [0.15, 0.2) is 0 Å². The Morgan fingerprint density at radius 3 is 0.968 bits per heavy atom. The van der Waals surface area contributed by atoms with Crippen molar-refractivity contribution in [1.82, 2.24) is 0 Å². The highest BCUT2D eigenvalue weighted by Crippen LogP contribution is 2.42. The van der Waals surface area contributed by atoms with Crippen molar-refractivity contribution in [2.45, 2.75) is 154 Å². The van der Waals surface area contributed by atoms with Crippen LogP contribution in [0, 0.1) is 0 Å². The van der Waals surface area contributed by atoms with Gasteiger partial charge in [0.15, 0.2) is 117 Å². The van der Waals surface area contributed by atoms with Crippen molar-refractivity contribution in [1.29, 1.82) is 0 Å². The molecule has 0 saturated carbocycles. The molecule has 9 N–H and O–H groups in total. The molecule has 0 aromatic heterocycles. The van der Waals surface area contributed by atoms with Crippen LogP contribution in [0.4, 0.5) is 0 Å². The molecule has 56 heteroatoms. The van der Waals surface area contributed by atoms with Crippen LogP contribution in [-0.2, 0) is 187 Å². The molecular weight excluding hydrogens is 1460 g/mol. The van der Waals surface area contributed by atoms with Crippen molar-refractivity contribution < 1.29 is 229 Å². The Kier molecular flexibility index (Phi) is 37.7. The molecule has 5 fully saturated rings. The average Bonchev–Trinajstić information content (AvgIpc) is 0.768. The van der Waals surface area contributed by atoms with Gasteiger partial charge in [-0.3, -0.25) is 30.0 Å². The van der Waals surface area contributed by atoms with Crippen LogP contribution in [0.2, 0.25) is 0 Å². The number of aliphatic carboxylic acids is 2. The maximum absolute atomic E-state index is 13.5. The lowest BCUT2D eigenvalue weighted by Gasteiger charge is -2.51. The number of methoxy groups -OCH3 is 8. The standard InChI is InChI=1S/C38H64O49S7/c1-54-15-13(10-63-93(48,49)50)66-35(27(58-5)18(15)55-2)70-21-19(56-3)28(59-6)37(72-25(21)32(39)40)69-17-14(11-64-94(51,52)53)67-38(31(77-92-87-82-47)24(17)75-90-85-80-45)71-22-20(57-4)29(60-7)36(73-26(22)33(41)42)68-16-12(9-62-88-83-78-43)65-34(61-8)30(76-91-86-81-46)23(16)74-89-84-79-44/h12-31,34-38,43-47H,9-11H2,1-8H3,(H,39,40)(H,41,42)(H,48,49,50)(H,51,52,53). The van der Waals surface area contributed by atoms with Gasteiger partial charge in [-0.2, -0.15) is 16.8 Å². The minimum absolute atomic E-state index is 0.0262. The zero-order valence-electron chi connectivity index (χ0n) is 48.8. The summed E-state index contributed by atoms with van der Waals surface area (Å²) in [7, 11) is -1.81. The van der Waals surface area contributed by atoms with E-state index in [1.807, 2.05) is 0 Å². The van der Waals surface area contributed by atoms with Crippen LogP contribution >= 0.6 is 61.6 Å². The molecule has 25 atom stereocenters. The van der Waals surface area contributed by atoms with Gasteiger partial charge in [0.25, 0.3) is 0 Å². The number of hydrogen-bond acceptors (Lipinski definition) is 50. The molecule has 49 nitrogen and oxygen atoms in total. The highest BCUT2D eigenvalue weighted by molar-refractivity contribution is 7.90. The summed E-state index contributed by atoms with van der Waals surface area (Å²) < 4.78 is 227. The van der Waals surface area contributed by atoms with Crippen molar-refractivity contribution in [2.75, 3.05) is 76.7 Å². The Hall–Kier alpha value is -1.05. The predicted octanol–water partition coefficient (Wildman–Crippen LogP) is -1.81. The molecule has 0 aromatic rings. The van der Waals surface area contributed by atoms with E-state index in [1.165, 1.54) is 21.3 Å². The quantitative estimate of drug-likeness (QED) is 0.0107. The Morgan fingerprint density at radius 2 is 0.628 bits per heavy atom. The van der Waals surface area contributed by atoms with Gasteiger partial charge in [-0.15, -0.1) is 21.7 Å². The topological polar surface area (TPSA) is 598 Å². The minimum atomic E-state index is -5.51. The van der Waals surface area contributed by atoms with Gasteiger partial charge in [0.05, 0.1) is 19.8 Å². The molecule has 0 spiro atoms. The van der Waals surface area contributed by atoms with Gasteiger partial charge in [-0.25, -0.2) is 44.2 Å². The van der Waals surface area contributed by atoms with Gasteiger partial charge in [-0.05, 0) is 0 Å². The Labute approximate surface area is 551 Å². The summed E-state index contributed by atoms with van der Waals surface area (Å²) >= 11 is -0.552.